The van der Waals surface area contributed by atoms with E-state index in [1.165, 1.54) is 0 Å². The molecule has 0 saturated carbocycles. The maximum absolute atomic E-state index is 5.75. The first-order valence-corrected chi connectivity index (χ1v) is 7.22. The first-order chi connectivity index (χ1) is 7.43. The zero-order valence-corrected chi connectivity index (χ0v) is 13.7. The Balaban J connectivity index is 2.20. The molecule has 1 atom stereocenters. The van der Waals surface area contributed by atoms with Gasteiger partial charge in [-0.3, -0.25) is 0 Å². The Hall–Kier alpha value is 0.420. The minimum Gasteiger partial charge on any atom is -0.489 e. The second-order valence-electron chi connectivity index (χ2n) is 4.14. The molecule has 0 N–H and O–H groups in total. The maximum atomic E-state index is 5.75. The van der Waals surface area contributed by atoms with Crippen LogP contribution in [0.3, 0.4) is 0 Å². The summed E-state index contributed by atoms with van der Waals surface area (Å²) in [6.07, 6.45) is 0. The molecule has 1 saturated heterocycles. The molecule has 0 aromatic heterocycles. The van der Waals surface area contributed by atoms with Gasteiger partial charge in [0.25, 0.3) is 0 Å². The van der Waals surface area contributed by atoms with Crippen molar-refractivity contribution >= 4 is 47.8 Å². The van der Waals surface area contributed by atoms with Gasteiger partial charge in [-0.15, -0.1) is 0 Å². The van der Waals surface area contributed by atoms with Crippen LogP contribution in [0.5, 0.6) is 5.75 Å². The summed E-state index contributed by atoms with van der Waals surface area (Å²) >= 11 is 10.6. The van der Waals surface area contributed by atoms with Crippen molar-refractivity contribution < 1.29 is 9.47 Å². The van der Waals surface area contributed by atoms with E-state index in [4.69, 9.17) is 9.47 Å². The summed E-state index contributed by atoms with van der Waals surface area (Å²) in [6, 6.07) is 1.97. The van der Waals surface area contributed by atoms with Crippen LogP contribution in [0, 0.1) is 6.92 Å². The van der Waals surface area contributed by atoms with Gasteiger partial charge >= 0.3 is 0 Å². The number of benzene rings is 1. The smallest absolute Gasteiger partial charge is 0.135 e. The van der Waals surface area contributed by atoms with Crippen LogP contribution in [0.15, 0.2) is 19.5 Å². The highest BCUT2D eigenvalue weighted by Gasteiger charge is 2.40. The lowest BCUT2D eigenvalue weighted by atomic mass is 10.2. The Morgan fingerprint density at radius 3 is 2.56 bits per heavy atom. The highest BCUT2D eigenvalue weighted by atomic mass is 79.9. The van der Waals surface area contributed by atoms with Crippen molar-refractivity contribution in [1.82, 2.24) is 0 Å². The van der Waals surface area contributed by atoms with Gasteiger partial charge in [0.2, 0.25) is 0 Å². The SMILES string of the molecule is Cc1c(Br)cc(OCC2(C)CO2)c(Br)c1Br. The zero-order chi connectivity index (χ0) is 11.9. The van der Waals surface area contributed by atoms with Crippen LogP contribution in [-0.4, -0.2) is 18.8 Å². The second kappa shape index (κ2) is 4.59. The van der Waals surface area contributed by atoms with Crippen molar-refractivity contribution in [2.75, 3.05) is 13.2 Å². The predicted octanol–water partition coefficient (Wildman–Crippen LogP) is 4.45. The van der Waals surface area contributed by atoms with E-state index in [2.05, 4.69) is 47.8 Å². The minimum absolute atomic E-state index is 0.0940. The van der Waals surface area contributed by atoms with Crippen LogP contribution in [0.2, 0.25) is 0 Å². The van der Waals surface area contributed by atoms with Gasteiger partial charge in [0, 0.05) is 8.95 Å². The van der Waals surface area contributed by atoms with E-state index in [9.17, 15) is 0 Å². The average Bonchev–Trinajstić information content (AvgIpc) is 2.98. The van der Waals surface area contributed by atoms with Gasteiger partial charge in [-0.25, -0.2) is 0 Å². The fourth-order valence-electron chi connectivity index (χ4n) is 1.21. The molecule has 0 spiro atoms. The van der Waals surface area contributed by atoms with Gasteiger partial charge in [0.1, 0.15) is 18.0 Å². The molecular formula is C11H11Br3O2. The number of hydrogen-bond donors (Lipinski definition) is 0. The lowest BCUT2D eigenvalue weighted by molar-refractivity contribution is 0.201. The second-order valence-corrected chi connectivity index (χ2v) is 6.58. The molecule has 1 heterocycles. The molecule has 0 amide bonds. The van der Waals surface area contributed by atoms with Crippen LogP contribution in [0.4, 0.5) is 0 Å². The summed E-state index contributed by atoms with van der Waals surface area (Å²) in [7, 11) is 0. The number of rotatable bonds is 3. The standard InChI is InChI=1S/C11H11Br3O2/c1-6-7(12)3-8(10(14)9(6)13)15-4-11(2)5-16-11/h3H,4-5H2,1-2H3. The fraction of sp³-hybridized carbons (Fsp3) is 0.455. The summed E-state index contributed by atoms with van der Waals surface area (Å²) in [5.41, 5.74) is 1.05. The monoisotopic (exact) mass is 412 g/mol. The van der Waals surface area contributed by atoms with Crippen LogP contribution in [0.25, 0.3) is 0 Å². The average molecular weight is 415 g/mol. The molecule has 2 nitrogen and oxygen atoms in total. The topological polar surface area (TPSA) is 21.8 Å². The third-order valence-corrected chi connectivity index (χ3v) is 5.66. The quantitative estimate of drug-likeness (QED) is 0.538. The fourth-order valence-corrected chi connectivity index (χ4v) is 2.81. The molecule has 5 heteroatoms. The van der Waals surface area contributed by atoms with Gasteiger partial charge < -0.3 is 9.47 Å². The predicted molar refractivity (Wildman–Crippen MR) is 74.1 cm³/mol. The van der Waals surface area contributed by atoms with Gasteiger partial charge in [-0.2, -0.15) is 0 Å². The van der Waals surface area contributed by atoms with Crippen molar-refractivity contribution in [3.05, 3.63) is 25.0 Å². The zero-order valence-electron chi connectivity index (χ0n) is 8.94. The molecule has 1 aromatic carbocycles. The summed E-state index contributed by atoms with van der Waals surface area (Å²) < 4.78 is 14.0. The van der Waals surface area contributed by atoms with E-state index in [0.717, 1.165) is 31.3 Å². The van der Waals surface area contributed by atoms with Crippen molar-refractivity contribution in [2.24, 2.45) is 0 Å². The maximum Gasteiger partial charge on any atom is 0.135 e. The molecule has 1 fully saturated rings. The van der Waals surface area contributed by atoms with E-state index in [1.807, 2.05) is 19.9 Å². The summed E-state index contributed by atoms with van der Waals surface area (Å²) in [4.78, 5) is 0. The molecule has 0 radical (unpaired) electrons. The molecule has 1 aliphatic heterocycles. The van der Waals surface area contributed by atoms with E-state index in [-0.39, 0.29) is 5.60 Å². The lowest BCUT2D eigenvalue weighted by Gasteiger charge is -2.13. The third kappa shape index (κ3) is 2.63. The van der Waals surface area contributed by atoms with Crippen LogP contribution < -0.4 is 4.74 Å². The highest BCUT2D eigenvalue weighted by molar-refractivity contribution is 9.13. The number of halogens is 3. The molecule has 1 aromatic rings. The summed E-state index contributed by atoms with van der Waals surface area (Å²) in [5.74, 6) is 0.820. The molecule has 0 bridgehead atoms. The lowest BCUT2D eigenvalue weighted by Crippen LogP contribution is -2.17. The highest BCUT2D eigenvalue weighted by Crippen LogP contribution is 2.40. The van der Waals surface area contributed by atoms with Gasteiger partial charge in [0.15, 0.2) is 0 Å². The van der Waals surface area contributed by atoms with Gasteiger partial charge in [0.05, 0.1) is 11.1 Å². The molecule has 88 valence electrons. The van der Waals surface area contributed by atoms with Crippen LogP contribution in [-0.2, 0) is 4.74 Å². The molecule has 16 heavy (non-hydrogen) atoms. The Labute approximate surface area is 120 Å². The first-order valence-electron chi connectivity index (χ1n) is 4.84. The van der Waals surface area contributed by atoms with Crippen molar-refractivity contribution in [3.63, 3.8) is 0 Å². The Bertz CT molecular complexity index is 428. The van der Waals surface area contributed by atoms with E-state index < -0.39 is 0 Å². The number of epoxide rings is 1. The molecule has 2 rings (SSSR count). The van der Waals surface area contributed by atoms with Crippen LogP contribution in [0.1, 0.15) is 12.5 Å². The van der Waals surface area contributed by atoms with Crippen molar-refractivity contribution in [3.8, 4) is 5.75 Å². The third-order valence-electron chi connectivity index (χ3n) is 2.52. The minimum atomic E-state index is -0.0940. The van der Waals surface area contributed by atoms with Gasteiger partial charge in [-0.1, -0.05) is 15.9 Å². The van der Waals surface area contributed by atoms with E-state index in [1.54, 1.807) is 0 Å². The molecule has 1 unspecified atom stereocenters. The summed E-state index contributed by atoms with van der Waals surface area (Å²) in [5, 5.41) is 0. The normalized spacial score (nSPS) is 23.3. The first kappa shape index (κ1) is 12.9. The summed E-state index contributed by atoms with van der Waals surface area (Å²) in [6.45, 7) is 5.43. The van der Waals surface area contributed by atoms with Gasteiger partial charge in [-0.05, 0) is 57.3 Å². The largest absolute Gasteiger partial charge is 0.489 e. The molecular weight excluding hydrogens is 404 g/mol. The van der Waals surface area contributed by atoms with Crippen molar-refractivity contribution in [2.45, 2.75) is 19.4 Å². The van der Waals surface area contributed by atoms with Crippen molar-refractivity contribution in [1.29, 1.82) is 0 Å². The molecule has 1 aliphatic rings. The Morgan fingerprint density at radius 2 is 2.00 bits per heavy atom. The number of ether oxygens (including phenoxy) is 2. The van der Waals surface area contributed by atoms with Crippen LogP contribution >= 0.6 is 47.8 Å². The molecule has 0 aliphatic carbocycles. The number of hydrogen-bond acceptors (Lipinski definition) is 2. The van der Waals surface area contributed by atoms with E-state index >= 15 is 0 Å². The van der Waals surface area contributed by atoms with E-state index in [0.29, 0.717) is 6.61 Å². The Kier molecular flexibility index (Phi) is 3.69. The Morgan fingerprint density at radius 1 is 1.38 bits per heavy atom.